The number of hydrogen-bond acceptors (Lipinski definition) is 6. The lowest BCUT2D eigenvalue weighted by Gasteiger charge is -2.20. The molecule has 0 aliphatic heterocycles. The predicted molar refractivity (Wildman–Crippen MR) is 112 cm³/mol. The second-order valence-electron chi connectivity index (χ2n) is 6.92. The van der Waals surface area contributed by atoms with Gasteiger partial charge in [0.2, 0.25) is 0 Å². The molecule has 0 bridgehead atoms. The minimum Gasteiger partial charge on any atom is -0.289 e. The summed E-state index contributed by atoms with van der Waals surface area (Å²) in [6.45, 7) is 1.77. The third kappa shape index (κ3) is 2.77. The summed E-state index contributed by atoms with van der Waals surface area (Å²) < 4.78 is 15.1. The van der Waals surface area contributed by atoms with Crippen LogP contribution >= 0.6 is 12.1 Å². The zero-order valence-corrected chi connectivity index (χ0v) is 17.2. The Morgan fingerprint density at radius 1 is 1.07 bits per heavy atom. The zero-order chi connectivity index (χ0) is 21.7. The van der Waals surface area contributed by atoms with Crippen LogP contribution in [0, 0.1) is 0 Å². The third-order valence-electron chi connectivity index (χ3n) is 5.23. The van der Waals surface area contributed by atoms with Gasteiger partial charge in [-0.25, -0.2) is 9.78 Å². The smallest absolute Gasteiger partial charge is 0.289 e. The molecular weight excluding hydrogens is 409 g/mol. The van der Waals surface area contributed by atoms with Crippen molar-refractivity contribution in [2.45, 2.75) is 18.2 Å². The second-order valence-corrected chi connectivity index (χ2v) is 7.55. The van der Waals surface area contributed by atoms with Crippen LogP contribution < -0.4 is 11.2 Å². The molecule has 0 spiro atoms. The molecule has 0 saturated heterocycles. The molecular formula is C21H16FN3O4S. The van der Waals surface area contributed by atoms with Crippen molar-refractivity contribution in [2.24, 2.45) is 14.1 Å². The van der Waals surface area contributed by atoms with Crippen LogP contribution in [0.5, 0.6) is 0 Å². The number of carbonyl (C=O) groups is 2. The number of Topliss-reactive ketones (excluding diaryl/α,β-unsaturated/α-hetero) is 1. The quantitative estimate of drug-likeness (QED) is 0.641. The normalized spacial score (nSPS) is 13.5. The monoisotopic (exact) mass is 425 g/mol. The van der Waals surface area contributed by atoms with Gasteiger partial charge in [0.25, 0.3) is 5.56 Å². The highest BCUT2D eigenvalue weighted by atomic mass is 32.2. The van der Waals surface area contributed by atoms with Gasteiger partial charge in [-0.2, -0.15) is 3.89 Å². The summed E-state index contributed by atoms with van der Waals surface area (Å²) in [4.78, 5) is 56.4. The first-order valence-corrected chi connectivity index (χ1v) is 9.84. The van der Waals surface area contributed by atoms with E-state index in [2.05, 4.69) is 4.98 Å². The summed E-state index contributed by atoms with van der Waals surface area (Å²) in [6.07, 6.45) is 1.48. The van der Waals surface area contributed by atoms with Crippen LogP contribution in [-0.2, 0) is 20.5 Å². The molecule has 9 heteroatoms. The third-order valence-corrected chi connectivity index (χ3v) is 5.66. The van der Waals surface area contributed by atoms with E-state index in [0.29, 0.717) is 22.6 Å². The van der Waals surface area contributed by atoms with Crippen LogP contribution in [0.15, 0.2) is 44.8 Å². The maximum absolute atomic E-state index is 13.4. The van der Waals surface area contributed by atoms with Gasteiger partial charge >= 0.3 is 5.69 Å². The lowest BCUT2D eigenvalue weighted by molar-refractivity contribution is 0.100. The first-order valence-electron chi connectivity index (χ1n) is 9.12. The summed E-state index contributed by atoms with van der Waals surface area (Å²) in [6, 6.07) is 6.24. The SMILES string of the molecule is CCc1nc2c(c3c1C(=O)C(c1cccc(SF)c1)=CC3=O)c(=O)n(C)c(=O)n2C. The number of nitrogens with zero attached hydrogens (tertiary/aromatic N) is 3. The van der Waals surface area contributed by atoms with Crippen molar-refractivity contribution in [1.82, 2.24) is 14.1 Å². The van der Waals surface area contributed by atoms with Gasteiger partial charge in [0.1, 0.15) is 5.65 Å². The highest BCUT2D eigenvalue weighted by Gasteiger charge is 2.33. The Hall–Kier alpha value is -3.33. The lowest BCUT2D eigenvalue weighted by atomic mass is 9.83. The Bertz CT molecular complexity index is 1420. The number of aromatic nitrogens is 3. The maximum atomic E-state index is 13.4. The number of aryl methyl sites for hydroxylation is 2. The lowest BCUT2D eigenvalue weighted by Crippen LogP contribution is -2.39. The number of rotatable bonds is 3. The Balaban J connectivity index is 2.10. The van der Waals surface area contributed by atoms with Crippen LogP contribution in [0.3, 0.4) is 0 Å². The first-order chi connectivity index (χ1) is 14.3. The molecule has 1 aromatic carbocycles. The van der Waals surface area contributed by atoms with E-state index in [1.807, 2.05) is 0 Å². The van der Waals surface area contributed by atoms with Crippen molar-refractivity contribution in [3.05, 3.63) is 73.6 Å². The average Bonchev–Trinajstić information content (AvgIpc) is 2.77. The van der Waals surface area contributed by atoms with Crippen molar-refractivity contribution >= 4 is 40.3 Å². The molecule has 1 aliphatic carbocycles. The van der Waals surface area contributed by atoms with E-state index >= 15 is 0 Å². The van der Waals surface area contributed by atoms with E-state index in [0.717, 1.165) is 10.6 Å². The average molecular weight is 425 g/mol. The summed E-state index contributed by atoms with van der Waals surface area (Å²) in [5.74, 6) is -0.997. The molecule has 0 saturated carbocycles. The molecule has 30 heavy (non-hydrogen) atoms. The molecule has 4 rings (SSSR count). The molecule has 0 amide bonds. The fraction of sp³-hybridized carbons (Fsp3) is 0.190. The molecule has 0 N–H and O–H groups in total. The molecule has 3 aromatic rings. The van der Waals surface area contributed by atoms with Gasteiger partial charge < -0.3 is 0 Å². The number of benzene rings is 1. The van der Waals surface area contributed by atoms with Crippen LogP contribution in [0.1, 0.15) is 38.9 Å². The zero-order valence-electron chi connectivity index (χ0n) is 16.4. The largest absolute Gasteiger partial charge is 0.332 e. The molecule has 2 aromatic heterocycles. The summed E-state index contributed by atoms with van der Waals surface area (Å²) in [5, 5.41) is -0.0616. The topological polar surface area (TPSA) is 91.0 Å². The minimum absolute atomic E-state index is 0.0384. The first kappa shape index (κ1) is 20.0. The van der Waals surface area contributed by atoms with Gasteiger partial charge in [-0.15, -0.1) is 0 Å². The molecule has 0 radical (unpaired) electrons. The van der Waals surface area contributed by atoms with E-state index < -0.39 is 22.8 Å². The van der Waals surface area contributed by atoms with Crippen molar-refractivity contribution in [3.8, 4) is 0 Å². The van der Waals surface area contributed by atoms with E-state index in [1.54, 1.807) is 25.1 Å². The van der Waals surface area contributed by atoms with Gasteiger partial charge in [0.15, 0.2) is 11.6 Å². The van der Waals surface area contributed by atoms with Crippen molar-refractivity contribution in [1.29, 1.82) is 0 Å². The number of halogens is 1. The van der Waals surface area contributed by atoms with Crippen molar-refractivity contribution in [3.63, 3.8) is 0 Å². The highest BCUT2D eigenvalue weighted by Crippen LogP contribution is 2.33. The van der Waals surface area contributed by atoms with Gasteiger partial charge in [0.05, 0.1) is 34.4 Å². The standard InChI is InChI=1S/C21H16FN3O4S/c1-4-13-15-16(17-19(23-13)24(2)21(29)25(3)20(17)28)14(26)9-12(18(15)27)10-6-5-7-11(8-10)30-22/h5-9H,4H2,1-3H3. The fourth-order valence-electron chi connectivity index (χ4n) is 3.71. The van der Waals surface area contributed by atoms with Gasteiger partial charge in [-0.05, 0) is 30.2 Å². The number of pyridine rings is 1. The number of hydrogen-bond donors (Lipinski definition) is 0. The van der Waals surface area contributed by atoms with Crippen LogP contribution in [0.2, 0.25) is 0 Å². The van der Waals surface area contributed by atoms with Crippen LogP contribution in [0.4, 0.5) is 3.89 Å². The van der Waals surface area contributed by atoms with E-state index in [1.165, 1.54) is 24.7 Å². The number of fused-ring (bicyclic) bond motifs is 3. The van der Waals surface area contributed by atoms with E-state index in [9.17, 15) is 23.1 Å². The second kappa shape index (κ2) is 7.17. The summed E-state index contributed by atoms with van der Waals surface area (Å²) in [5.41, 5.74) is -0.354. The Labute approximate surface area is 174 Å². The summed E-state index contributed by atoms with van der Waals surface area (Å²) in [7, 11) is 2.76. The molecule has 0 atom stereocenters. The Kier molecular flexibility index (Phi) is 4.77. The highest BCUT2D eigenvalue weighted by molar-refractivity contribution is 7.94. The molecule has 2 heterocycles. The van der Waals surface area contributed by atoms with Gasteiger partial charge in [-0.1, -0.05) is 19.1 Å². The number of allylic oxidation sites excluding steroid dienone is 2. The Morgan fingerprint density at radius 3 is 2.47 bits per heavy atom. The van der Waals surface area contributed by atoms with E-state index in [4.69, 9.17) is 0 Å². The van der Waals surface area contributed by atoms with Crippen molar-refractivity contribution < 1.29 is 13.5 Å². The van der Waals surface area contributed by atoms with Crippen LogP contribution in [-0.4, -0.2) is 25.7 Å². The molecule has 7 nitrogen and oxygen atoms in total. The van der Waals surface area contributed by atoms with E-state index in [-0.39, 0.29) is 39.9 Å². The minimum atomic E-state index is -0.687. The Morgan fingerprint density at radius 2 is 1.80 bits per heavy atom. The molecule has 0 fully saturated rings. The molecule has 152 valence electrons. The number of carbonyl (C=O) groups excluding carboxylic acids is 2. The van der Waals surface area contributed by atoms with Gasteiger partial charge in [0, 0.05) is 24.6 Å². The fourth-order valence-corrected chi connectivity index (χ4v) is 4.01. The predicted octanol–water partition coefficient (Wildman–Crippen LogP) is 2.63. The maximum Gasteiger partial charge on any atom is 0.332 e. The molecule has 0 unspecified atom stereocenters. The van der Waals surface area contributed by atoms with Crippen molar-refractivity contribution in [2.75, 3.05) is 0 Å². The molecule has 1 aliphatic rings. The number of ketones is 2. The van der Waals surface area contributed by atoms with Crippen LogP contribution in [0.25, 0.3) is 16.6 Å². The summed E-state index contributed by atoms with van der Waals surface area (Å²) >= 11 is 0.0384. The van der Waals surface area contributed by atoms with Gasteiger partial charge in [-0.3, -0.25) is 23.5 Å².